The molecule has 1 N–H and O–H groups in total. The quantitative estimate of drug-likeness (QED) is 0.836. The summed E-state index contributed by atoms with van der Waals surface area (Å²) in [6, 6.07) is 1.66. The van der Waals surface area contributed by atoms with Gasteiger partial charge >= 0.3 is 6.18 Å². The zero-order valence-electron chi connectivity index (χ0n) is 9.84. The third kappa shape index (κ3) is 5.18. The molecule has 7 heteroatoms. The second-order valence-electron chi connectivity index (χ2n) is 3.73. The molecule has 0 saturated heterocycles. The van der Waals surface area contributed by atoms with Crippen molar-refractivity contribution in [2.24, 2.45) is 0 Å². The minimum Gasteiger partial charge on any atom is -0.360 e. The third-order valence-corrected chi connectivity index (χ3v) is 2.20. The fourth-order valence-corrected chi connectivity index (χ4v) is 1.45. The monoisotopic (exact) mass is 251 g/mol. The molecular formula is C10H16F3N3O. The van der Waals surface area contributed by atoms with E-state index in [1.165, 1.54) is 4.90 Å². The SMILES string of the molecule is CCN(Cc1cc(CNC)no1)CC(F)(F)F. The van der Waals surface area contributed by atoms with Crippen LogP contribution in [-0.4, -0.2) is 36.4 Å². The molecule has 0 saturated carbocycles. The van der Waals surface area contributed by atoms with Gasteiger partial charge in [-0.2, -0.15) is 13.2 Å². The normalized spacial score (nSPS) is 12.4. The second-order valence-corrected chi connectivity index (χ2v) is 3.73. The van der Waals surface area contributed by atoms with E-state index in [2.05, 4.69) is 10.5 Å². The van der Waals surface area contributed by atoms with E-state index in [9.17, 15) is 13.2 Å². The van der Waals surface area contributed by atoms with Crippen molar-refractivity contribution in [1.82, 2.24) is 15.4 Å². The van der Waals surface area contributed by atoms with E-state index >= 15 is 0 Å². The lowest BCUT2D eigenvalue weighted by molar-refractivity contribution is -0.147. The molecule has 17 heavy (non-hydrogen) atoms. The minimum atomic E-state index is -4.19. The van der Waals surface area contributed by atoms with Crippen LogP contribution in [0.2, 0.25) is 0 Å². The first-order chi connectivity index (χ1) is 7.94. The molecule has 1 aromatic rings. The van der Waals surface area contributed by atoms with Gasteiger partial charge in [-0.05, 0) is 13.6 Å². The van der Waals surface area contributed by atoms with Crippen molar-refractivity contribution in [1.29, 1.82) is 0 Å². The Hall–Kier alpha value is -1.08. The lowest BCUT2D eigenvalue weighted by Crippen LogP contribution is -2.33. The molecule has 98 valence electrons. The van der Waals surface area contributed by atoms with E-state index in [-0.39, 0.29) is 6.54 Å². The molecule has 0 atom stereocenters. The van der Waals surface area contributed by atoms with Crippen molar-refractivity contribution in [3.8, 4) is 0 Å². The lowest BCUT2D eigenvalue weighted by atomic mass is 10.3. The molecule has 0 aliphatic heterocycles. The van der Waals surface area contributed by atoms with Crippen molar-refractivity contribution in [2.45, 2.75) is 26.2 Å². The molecule has 4 nitrogen and oxygen atoms in total. The van der Waals surface area contributed by atoms with Gasteiger partial charge in [0.15, 0.2) is 5.76 Å². The Morgan fingerprint density at radius 1 is 1.47 bits per heavy atom. The Balaban J connectivity index is 2.54. The smallest absolute Gasteiger partial charge is 0.360 e. The number of aromatic nitrogens is 1. The summed E-state index contributed by atoms with van der Waals surface area (Å²) in [4.78, 5) is 1.25. The van der Waals surface area contributed by atoms with Crippen LogP contribution in [-0.2, 0) is 13.1 Å². The van der Waals surface area contributed by atoms with Crippen LogP contribution in [0.15, 0.2) is 10.6 Å². The highest BCUT2D eigenvalue weighted by Crippen LogP contribution is 2.18. The largest absolute Gasteiger partial charge is 0.401 e. The average molecular weight is 251 g/mol. The van der Waals surface area contributed by atoms with Crippen molar-refractivity contribution >= 4 is 0 Å². The van der Waals surface area contributed by atoms with E-state index < -0.39 is 12.7 Å². The Morgan fingerprint density at radius 2 is 2.18 bits per heavy atom. The van der Waals surface area contributed by atoms with Crippen LogP contribution in [0.3, 0.4) is 0 Å². The molecule has 0 spiro atoms. The number of alkyl halides is 3. The third-order valence-electron chi connectivity index (χ3n) is 2.20. The highest BCUT2D eigenvalue weighted by molar-refractivity contribution is 5.05. The second kappa shape index (κ2) is 6.02. The van der Waals surface area contributed by atoms with E-state index in [1.54, 1.807) is 20.0 Å². The summed E-state index contributed by atoms with van der Waals surface area (Å²) >= 11 is 0. The highest BCUT2D eigenvalue weighted by atomic mass is 19.4. The summed E-state index contributed by atoms with van der Waals surface area (Å²) in [6.45, 7) is 1.70. The van der Waals surface area contributed by atoms with Crippen LogP contribution in [0.4, 0.5) is 13.2 Å². The van der Waals surface area contributed by atoms with Gasteiger partial charge in [-0.1, -0.05) is 12.1 Å². The van der Waals surface area contributed by atoms with Gasteiger partial charge in [0.05, 0.1) is 18.8 Å². The van der Waals surface area contributed by atoms with Crippen molar-refractivity contribution in [3.05, 3.63) is 17.5 Å². The molecule has 1 heterocycles. The number of halogens is 3. The van der Waals surface area contributed by atoms with Gasteiger partial charge in [0, 0.05) is 12.6 Å². The molecule has 0 aliphatic rings. The van der Waals surface area contributed by atoms with Crippen LogP contribution >= 0.6 is 0 Å². The first kappa shape index (κ1) is 14.0. The van der Waals surface area contributed by atoms with Gasteiger partial charge in [-0.25, -0.2) is 0 Å². The van der Waals surface area contributed by atoms with Gasteiger partial charge in [0.25, 0.3) is 0 Å². The van der Waals surface area contributed by atoms with E-state index in [0.29, 0.717) is 24.5 Å². The van der Waals surface area contributed by atoms with Crippen molar-refractivity contribution in [3.63, 3.8) is 0 Å². The minimum absolute atomic E-state index is 0.118. The molecule has 0 amide bonds. The Morgan fingerprint density at radius 3 is 2.71 bits per heavy atom. The fourth-order valence-electron chi connectivity index (χ4n) is 1.45. The molecular weight excluding hydrogens is 235 g/mol. The maximum absolute atomic E-state index is 12.2. The van der Waals surface area contributed by atoms with Gasteiger partial charge in [-0.3, -0.25) is 4.90 Å². The van der Waals surface area contributed by atoms with Crippen LogP contribution in [0.25, 0.3) is 0 Å². The Labute approximate surface area is 97.8 Å². The molecule has 0 bridgehead atoms. The van der Waals surface area contributed by atoms with E-state index in [1.807, 2.05) is 0 Å². The number of nitrogens with one attached hydrogen (secondary N) is 1. The number of hydrogen-bond acceptors (Lipinski definition) is 4. The first-order valence-corrected chi connectivity index (χ1v) is 5.32. The van der Waals surface area contributed by atoms with Gasteiger partial charge in [0.2, 0.25) is 0 Å². The lowest BCUT2D eigenvalue weighted by Gasteiger charge is -2.20. The number of hydrogen-bond donors (Lipinski definition) is 1. The predicted octanol–water partition coefficient (Wildman–Crippen LogP) is 1.78. The Kier molecular flexibility index (Phi) is 4.95. The zero-order chi connectivity index (χ0) is 12.9. The molecule has 0 aliphatic carbocycles. The summed E-state index contributed by atoms with van der Waals surface area (Å²) in [6.07, 6.45) is -4.19. The summed E-state index contributed by atoms with van der Waals surface area (Å²) in [5, 5.41) is 6.63. The van der Waals surface area contributed by atoms with Gasteiger partial charge in [-0.15, -0.1) is 0 Å². The van der Waals surface area contributed by atoms with Crippen LogP contribution in [0, 0.1) is 0 Å². The first-order valence-electron chi connectivity index (χ1n) is 5.32. The summed E-state index contributed by atoms with van der Waals surface area (Å²) < 4.78 is 41.6. The number of rotatable bonds is 6. The van der Waals surface area contributed by atoms with Crippen molar-refractivity contribution in [2.75, 3.05) is 20.1 Å². The zero-order valence-corrected chi connectivity index (χ0v) is 9.84. The Bertz CT molecular complexity index is 338. The molecule has 1 rings (SSSR count). The standard InChI is InChI=1S/C10H16F3N3O/c1-3-16(7-10(11,12)13)6-9-4-8(5-14-2)15-17-9/h4,14H,3,5-7H2,1-2H3. The van der Waals surface area contributed by atoms with Crippen LogP contribution in [0.1, 0.15) is 18.4 Å². The molecule has 0 unspecified atom stereocenters. The predicted molar refractivity (Wildman–Crippen MR) is 56.3 cm³/mol. The molecule has 0 radical (unpaired) electrons. The molecule has 1 aromatic heterocycles. The van der Waals surface area contributed by atoms with E-state index in [4.69, 9.17) is 4.52 Å². The molecule has 0 fully saturated rings. The summed E-state index contributed by atoms with van der Waals surface area (Å²) in [5.41, 5.74) is 0.686. The van der Waals surface area contributed by atoms with Crippen LogP contribution < -0.4 is 5.32 Å². The van der Waals surface area contributed by atoms with Crippen molar-refractivity contribution < 1.29 is 17.7 Å². The summed E-state index contributed by atoms with van der Waals surface area (Å²) in [5.74, 6) is 0.446. The highest BCUT2D eigenvalue weighted by Gasteiger charge is 2.30. The van der Waals surface area contributed by atoms with Gasteiger partial charge < -0.3 is 9.84 Å². The maximum Gasteiger partial charge on any atom is 0.401 e. The summed E-state index contributed by atoms with van der Waals surface area (Å²) in [7, 11) is 1.76. The van der Waals surface area contributed by atoms with Gasteiger partial charge in [0.1, 0.15) is 0 Å². The molecule has 0 aromatic carbocycles. The number of nitrogens with zero attached hydrogens (tertiary/aromatic N) is 2. The topological polar surface area (TPSA) is 41.3 Å². The van der Waals surface area contributed by atoms with Crippen LogP contribution in [0.5, 0.6) is 0 Å². The maximum atomic E-state index is 12.2. The fraction of sp³-hybridized carbons (Fsp3) is 0.700. The average Bonchev–Trinajstić information content (AvgIpc) is 2.63. The van der Waals surface area contributed by atoms with E-state index in [0.717, 1.165) is 0 Å².